The number of benzene rings is 1. The molecule has 2 fully saturated rings. The van der Waals surface area contributed by atoms with Crippen LogP contribution in [-0.2, 0) is 6.54 Å². The molecule has 3 rings (SSSR count). The van der Waals surface area contributed by atoms with Crippen LogP contribution in [0.5, 0.6) is 11.5 Å². The number of likely N-dealkylation sites (tertiary alicyclic amines) is 1. The van der Waals surface area contributed by atoms with E-state index in [0.29, 0.717) is 44.3 Å². The topological polar surface area (TPSA) is 58.1 Å². The number of rotatable bonds is 8. The molecule has 1 heterocycles. The van der Waals surface area contributed by atoms with E-state index in [1.54, 1.807) is 7.11 Å². The van der Waals surface area contributed by atoms with Gasteiger partial charge in [-0.1, -0.05) is 12.1 Å². The van der Waals surface area contributed by atoms with Gasteiger partial charge in [0.15, 0.2) is 17.5 Å². The zero-order valence-corrected chi connectivity index (χ0v) is 18.3. The zero-order valence-electron chi connectivity index (χ0n) is 18.3. The standard InChI is InChI=1S/C22H33F3N4O2/c1-3-26-21(28-17-11-12-29(14-17)15-22(23,24)25)27-13-16-7-6-10-19(30-2)20(16)31-18-8-4-5-9-18/h6-7,10,17-18H,3-5,8-9,11-15H2,1-2H3,(H2,26,27,28). The van der Waals surface area contributed by atoms with Gasteiger partial charge in [0, 0.05) is 31.2 Å². The van der Waals surface area contributed by atoms with Gasteiger partial charge < -0.3 is 20.1 Å². The van der Waals surface area contributed by atoms with E-state index in [0.717, 1.165) is 24.2 Å². The van der Waals surface area contributed by atoms with Gasteiger partial charge in [-0.15, -0.1) is 0 Å². The maximum atomic E-state index is 12.7. The largest absolute Gasteiger partial charge is 0.493 e. The van der Waals surface area contributed by atoms with E-state index in [-0.39, 0.29) is 12.1 Å². The minimum atomic E-state index is -4.17. The van der Waals surface area contributed by atoms with Crippen molar-refractivity contribution in [1.29, 1.82) is 0 Å². The molecular weight excluding hydrogens is 409 g/mol. The van der Waals surface area contributed by atoms with E-state index in [9.17, 15) is 13.2 Å². The number of halogens is 3. The lowest BCUT2D eigenvalue weighted by atomic mass is 10.1. The maximum absolute atomic E-state index is 12.7. The molecule has 9 heteroatoms. The van der Waals surface area contributed by atoms with Crippen molar-refractivity contribution < 1.29 is 22.6 Å². The Bertz CT molecular complexity index is 736. The van der Waals surface area contributed by atoms with Crippen LogP contribution in [0.1, 0.15) is 44.6 Å². The highest BCUT2D eigenvalue weighted by Gasteiger charge is 2.34. The predicted octanol–water partition coefficient (Wildman–Crippen LogP) is 3.71. The van der Waals surface area contributed by atoms with Crippen LogP contribution in [0.3, 0.4) is 0 Å². The maximum Gasteiger partial charge on any atom is 0.401 e. The van der Waals surface area contributed by atoms with Crippen LogP contribution in [0.2, 0.25) is 0 Å². The number of nitrogens with one attached hydrogen (secondary N) is 2. The van der Waals surface area contributed by atoms with Gasteiger partial charge in [0.1, 0.15) is 0 Å². The first-order chi connectivity index (χ1) is 14.9. The van der Waals surface area contributed by atoms with E-state index in [1.807, 2.05) is 25.1 Å². The first-order valence-electron chi connectivity index (χ1n) is 11.0. The Morgan fingerprint density at radius 3 is 2.68 bits per heavy atom. The molecule has 1 aliphatic heterocycles. The fraction of sp³-hybridized carbons (Fsp3) is 0.682. The van der Waals surface area contributed by atoms with Crippen molar-refractivity contribution in [2.75, 3.05) is 33.3 Å². The van der Waals surface area contributed by atoms with Crippen LogP contribution in [0, 0.1) is 0 Å². The lowest BCUT2D eigenvalue weighted by Crippen LogP contribution is -2.45. The van der Waals surface area contributed by atoms with Crippen molar-refractivity contribution >= 4 is 5.96 Å². The lowest BCUT2D eigenvalue weighted by Gasteiger charge is -2.20. The molecule has 0 bridgehead atoms. The summed E-state index contributed by atoms with van der Waals surface area (Å²) in [4.78, 5) is 6.10. The van der Waals surface area contributed by atoms with Gasteiger partial charge in [0.25, 0.3) is 0 Å². The van der Waals surface area contributed by atoms with Crippen LogP contribution in [0.25, 0.3) is 0 Å². The van der Waals surface area contributed by atoms with E-state index in [4.69, 9.17) is 9.47 Å². The monoisotopic (exact) mass is 442 g/mol. The first kappa shape index (κ1) is 23.5. The molecule has 6 nitrogen and oxygen atoms in total. The molecule has 0 radical (unpaired) electrons. The predicted molar refractivity (Wildman–Crippen MR) is 115 cm³/mol. The Hall–Kier alpha value is -2.16. The number of nitrogens with zero attached hydrogens (tertiary/aromatic N) is 2. The van der Waals surface area contributed by atoms with E-state index >= 15 is 0 Å². The molecule has 1 atom stereocenters. The summed E-state index contributed by atoms with van der Waals surface area (Å²) in [5, 5.41) is 6.47. The number of aliphatic imine (C=N–C) groups is 1. The third-order valence-electron chi connectivity index (χ3n) is 5.63. The highest BCUT2D eigenvalue weighted by molar-refractivity contribution is 5.80. The van der Waals surface area contributed by atoms with E-state index in [2.05, 4.69) is 15.6 Å². The Morgan fingerprint density at radius 2 is 2.00 bits per heavy atom. The SMILES string of the molecule is CCNC(=NCc1cccc(OC)c1OC1CCCC1)NC1CCN(CC(F)(F)F)C1. The van der Waals surface area contributed by atoms with Crippen molar-refractivity contribution in [3.8, 4) is 11.5 Å². The summed E-state index contributed by atoms with van der Waals surface area (Å²) in [6.07, 6.45) is 1.11. The van der Waals surface area contributed by atoms with Crippen LogP contribution >= 0.6 is 0 Å². The number of hydrogen-bond acceptors (Lipinski definition) is 4. The number of ether oxygens (including phenoxy) is 2. The Morgan fingerprint density at radius 1 is 1.23 bits per heavy atom. The molecule has 174 valence electrons. The highest BCUT2D eigenvalue weighted by Crippen LogP contribution is 2.35. The minimum Gasteiger partial charge on any atom is -0.493 e. The second kappa shape index (κ2) is 10.9. The third kappa shape index (κ3) is 7.19. The molecule has 0 aromatic heterocycles. The highest BCUT2D eigenvalue weighted by atomic mass is 19.4. The number of guanidine groups is 1. The van der Waals surface area contributed by atoms with E-state index in [1.165, 1.54) is 17.7 Å². The van der Waals surface area contributed by atoms with Gasteiger partial charge in [-0.3, -0.25) is 4.90 Å². The molecule has 1 unspecified atom stereocenters. The number of methoxy groups -OCH3 is 1. The summed E-state index contributed by atoms with van der Waals surface area (Å²) < 4.78 is 49.7. The van der Waals surface area contributed by atoms with Gasteiger partial charge in [-0.05, 0) is 45.1 Å². The smallest absolute Gasteiger partial charge is 0.401 e. The summed E-state index contributed by atoms with van der Waals surface area (Å²) in [5.41, 5.74) is 0.925. The summed E-state index contributed by atoms with van der Waals surface area (Å²) in [7, 11) is 1.63. The van der Waals surface area contributed by atoms with Gasteiger partial charge in [0.05, 0.1) is 26.3 Å². The van der Waals surface area contributed by atoms with Crippen LogP contribution in [0.15, 0.2) is 23.2 Å². The molecule has 1 saturated carbocycles. The second-order valence-electron chi connectivity index (χ2n) is 8.15. The Kier molecular flexibility index (Phi) is 8.28. The molecule has 1 aliphatic carbocycles. The number of para-hydroxylation sites is 1. The fourth-order valence-corrected chi connectivity index (χ4v) is 4.18. The van der Waals surface area contributed by atoms with Crippen molar-refractivity contribution in [2.24, 2.45) is 4.99 Å². The first-order valence-corrected chi connectivity index (χ1v) is 11.0. The summed E-state index contributed by atoms with van der Waals surface area (Å²) >= 11 is 0. The van der Waals surface area contributed by atoms with Gasteiger partial charge in [-0.25, -0.2) is 4.99 Å². The van der Waals surface area contributed by atoms with Crippen LogP contribution < -0.4 is 20.1 Å². The third-order valence-corrected chi connectivity index (χ3v) is 5.63. The summed E-state index contributed by atoms with van der Waals surface area (Å²) in [6, 6.07) is 5.70. The van der Waals surface area contributed by atoms with Crippen molar-refractivity contribution in [3.63, 3.8) is 0 Å². The zero-order chi connectivity index (χ0) is 22.3. The van der Waals surface area contributed by atoms with Gasteiger partial charge in [-0.2, -0.15) is 13.2 Å². The molecule has 0 amide bonds. The number of alkyl halides is 3. The fourth-order valence-electron chi connectivity index (χ4n) is 4.18. The van der Waals surface area contributed by atoms with Crippen LogP contribution in [-0.4, -0.2) is 62.5 Å². The van der Waals surface area contributed by atoms with E-state index < -0.39 is 12.7 Å². The average molecular weight is 443 g/mol. The minimum absolute atomic E-state index is 0.0698. The number of hydrogen-bond donors (Lipinski definition) is 2. The van der Waals surface area contributed by atoms with Crippen molar-refractivity contribution in [1.82, 2.24) is 15.5 Å². The Labute approximate surface area is 182 Å². The molecule has 0 spiro atoms. The Balaban J connectivity index is 1.66. The molecular formula is C22H33F3N4O2. The molecule has 1 aromatic rings. The van der Waals surface area contributed by atoms with Crippen molar-refractivity contribution in [2.45, 2.75) is 63.9 Å². The molecule has 1 saturated heterocycles. The van der Waals surface area contributed by atoms with Gasteiger partial charge in [0.2, 0.25) is 0 Å². The summed E-state index contributed by atoms with van der Waals surface area (Å²) in [5.74, 6) is 2.01. The second-order valence-corrected chi connectivity index (χ2v) is 8.15. The van der Waals surface area contributed by atoms with Crippen molar-refractivity contribution in [3.05, 3.63) is 23.8 Å². The summed E-state index contributed by atoms with van der Waals surface area (Å²) in [6.45, 7) is 2.90. The normalized spacial score (nSPS) is 20.8. The quantitative estimate of drug-likeness (QED) is 0.475. The van der Waals surface area contributed by atoms with Gasteiger partial charge >= 0.3 is 6.18 Å². The molecule has 1 aromatic carbocycles. The molecule has 31 heavy (non-hydrogen) atoms. The average Bonchev–Trinajstić information content (AvgIpc) is 3.38. The van der Waals surface area contributed by atoms with Crippen LogP contribution in [0.4, 0.5) is 13.2 Å². The lowest BCUT2D eigenvalue weighted by molar-refractivity contribution is -0.143. The molecule has 2 aliphatic rings. The molecule has 2 N–H and O–H groups in total.